The Morgan fingerprint density at radius 1 is 1.12 bits per heavy atom. The van der Waals surface area contributed by atoms with Crippen molar-refractivity contribution >= 4 is 34.0 Å². The average Bonchev–Trinajstić information content (AvgIpc) is 3.11. The molecule has 1 amide bonds. The third-order valence-corrected chi connectivity index (χ3v) is 4.36. The number of nitrogen functional groups attached to an aromatic ring is 1. The summed E-state index contributed by atoms with van der Waals surface area (Å²) in [4.78, 5) is 28.7. The van der Waals surface area contributed by atoms with Crippen LogP contribution in [0.4, 0.5) is 10.8 Å². The Bertz CT molecular complexity index is 907. The Morgan fingerprint density at radius 3 is 2.50 bits per heavy atom. The second-order valence-corrected chi connectivity index (χ2v) is 6.42. The lowest BCUT2D eigenvalue weighted by Crippen LogP contribution is -2.29. The molecule has 3 rings (SSSR count). The molecular weight excluding hydrogens is 350 g/mol. The Kier molecular flexibility index (Phi) is 5.28. The van der Waals surface area contributed by atoms with Crippen molar-refractivity contribution < 1.29 is 14.3 Å². The minimum absolute atomic E-state index is 0.333. The van der Waals surface area contributed by atoms with E-state index in [4.69, 9.17) is 10.5 Å². The normalized spacial score (nSPS) is 11.6. The average molecular weight is 367 g/mol. The number of hydrogen-bond donors (Lipinski definition) is 2. The zero-order chi connectivity index (χ0) is 18.5. The topological polar surface area (TPSA) is 94.3 Å². The lowest BCUT2D eigenvalue weighted by atomic mass is 10.2. The molecule has 7 heteroatoms. The van der Waals surface area contributed by atoms with Crippen molar-refractivity contribution in [3.05, 3.63) is 65.5 Å². The van der Waals surface area contributed by atoms with Crippen LogP contribution in [0.25, 0.3) is 11.3 Å². The number of nitrogens with one attached hydrogen (secondary N) is 1. The van der Waals surface area contributed by atoms with Crippen LogP contribution in [0, 0.1) is 0 Å². The maximum Gasteiger partial charge on any atom is 0.338 e. The fourth-order valence-corrected chi connectivity index (χ4v) is 2.90. The Balaban J connectivity index is 1.60. The minimum Gasteiger partial charge on any atom is -0.449 e. The van der Waals surface area contributed by atoms with Crippen molar-refractivity contribution in [3.8, 4) is 11.3 Å². The second-order valence-electron chi connectivity index (χ2n) is 5.56. The van der Waals surface area contributed by atoms with Crippen molar-refractivity contribution in [1.29, 1.82) is 0 Å². The van der Waals surface area contributed by atoms with Crippen LogP contribution in [0.15, 0.2) is 60.0 Å². The summed E-state index contributed by atoms with van der Waals surface area (Å²) in [5.74, 6) is -1.03. The SMILES string of the molecule is CC(OC(=O)c1ccc(N)cc1)C(=O)Nc1nc(-c2ccccc2)cs1. The van der Waals surface area contributed by atoms with Crippen molar-refractivity contribution in [1.82, 2.24) is 4.98 Å². The quantitative estimate of drug-likeness (QED) is 0.531. The number of ether oxygens (including phenoxy) is 1. The van der Waals surface area contributed by atoms with E-state index in [0.717, 1.165) is 11.3 Å². The fraction of sp³-hybridized carbons (Fsp3) is 0.105. The van der Waals surface area contributed by atoms with Gasteiger partial charge in [0.25, 0.3) is 5.91 Å². The van der Waals surface area contributed by atoms with Crippen molar-refractivity contribution in [2.24, 2.45) is 0 Å². The summed E-state index contributed by atoms with van der Waals surface area (Å²) in [6.45, 7) is 1.51. The number of amides is 1. The van der Waals surface area contributed by atoms with Crippen LogP contribution in [0.5, 0.6) is 0 Å². The number of anilines is 2. The van der Waals surface area contributed by atoms with Gasteiger partial charge >= 0.3 is 5.97 Å². The van der Waals surface area contributed by atoms with Crippen LogP contribution in [0.3, 0.4) is 0 Å². The first kappa shape index (κ1) is 17.6. The third kappa shape index (κ3) is 4.25. The highest BCUT2D eigenvalue weighted by atomic mass is 32.1. The summed E-state index contributed by atoms with van der Waals surface area (Å²) in [6.07, 6.45) is -0.955. The van der Waals surface area contributed by atoms with Gasteiger partial charge in [0, 0.05) is 16.6 Å². The van der Waals surface area contributed by atoms with E-state index >= 15 is 0 Å². The molecule has 0 aliphatic carbocycles. The summed E-state index contributed by atoms with van der Waals surface area (Å²) < 4.78 is 5.19. The number of nitrogens with two attached hydrogens (primary N) is 1. The van der Waals surface area contributed by atoms with E-state index in [1.54, 1.807) is 24.3 Å². The van der Waals surface area contributed by atoms with Crippen LogP contribution in [0.1, 0.15) is 17.3 Å². The number of carbonyl (C=O) groups excluding carboxylic acids is 2. The first-order valence-electron chi connectivity index (χ1n) is 7.91. The first-order valence-corrected chi connectivity index (χ1v) is 8.79. The Morgan fingerprint density at radius 2 is 1.81 bits per heavy atom. The van der Waals surface area contributed by atoms with E-state index in [1.165, 1.54) is 18.3 Å². The van der Waals surface area contributed by atoms with Crippen LogP contribution >= 0.6 is 11.3 Å². The molecule has 2 aromatic carbocycles. The predicted octanol–water partition coefficient (Wildman–Crippen LogP) is 3.58. The number of rotatable bonds is 5. The summed E-state index contributed by atoms with van der Waals surface area (Å²) >= 11 is 1.31. The van der Waals surface area contributed by atoms with Gasteiger partial charge in [-0.25, -0.2) is 9.78 Å². The molecule has 132 valence electrons. The van der Waals surface area contributed by atoms with Gasteiger partial charge < -0.3 is 10.5 Å². The molecule has 3 N–H and O–H groups in total. The molecule has 0 radical (unpaired) electrons. The number of esters is 1. The second kappa shape index (κ2) is 7.79. The minimum atomic E-state index is -0.955. The van der Waals surface area contributed by atoms with E-state index in [1.807, 2.05) is 35.7 Å². The largest absolute Gasteiger partial charge is 0.449 e. The highest BCUT2D eigenvalue weighted by molar-refractivity contribution is 7.14. The van der Waals surface area contributed by atoms with Crippen LogP contribution in [-0.4, -0.2) is 23.0 Å². The van der Waals surface area contributed by atoms with Crippen LogP contribution in [0.2, 0.25) is 0 Å². The number of hydrogen-bond acceptors (Lipinski definition) is 6. The number of carbonyl (C=O) groups is 2. The van der Waals surface area contributed by atoms with Gasteiger partial charge in [-0.2, -0.15) is 0 Å². The van der Waals surface area contributed by atoms with Gasteiger partial charge in [-0.05, 0) is 31.2 Å². The van der Waals surface area contributed by atoms with Crippen LogP contribution in [-0.2, 0) is 9.53 Å². The van der Waals surface area contributed by atoms with Gasteiger partial charge in [0.1, 0.15) is 0 Å². The summed E-state index contributed by atoms with van der Waals surface area (Å²) in [7, 11) is 0. The number of thiazole rings is 1. The van der Waals surface area contributed by atoms with Gasteiger partial charge in [0.15, 0.2) is 11.2 Å². The van der Waals surface area contributed by atoms with E-state index in [9.17, 15) is 9.59 Å². The Hall–Kier alpha value is -3.19. The molecule has 0 aliphatic rings. The monoisotopic (exact) mass is 367 g/mol. The molecule has 1 unspecified atom stereocenters. The smallest absolute Gasteiger partial charge is 0.338 e. The van der Waals surface area contributed by atoms with Gasteiger partial charge in [0.05, 0.1) is 11.3 Å². The van der Waals surface area contributed by atoms with Crippen molar-refractivity contribution in [2.75, 3.05) is 11.1 Å². The first-order chi connectivity index (χ1) is 12.5. The standard InChI is InChI=1S/C19H17N3O3S/c1-12(25-18(24)14-7-9-15(20)10-8-14)17(23)22-19-21-16(11-26-19)13-5-3-2-4-6-13/h2-12H,20H2,1H3,(H,21,22,23). The summed E-state index contributed by atoms with van der Waals surface area (Å²) in [5.41, 5.74) is 8.20. The molecule has 3 aromatic rings. The molecule has 1 atom stereocenters. The van der Waals surface area contributed by atoms with Crippen LogP contribution < -0.4 is 11.1 Å². The molecular formula is C19H17N3O3S. The van der Waals surface area contributed by atoms with E-state index in [0.29, 0.717) is 16.4 Å². The molecule has 0 fully saturated rings. The highest BCUT2D eigenvalue weighted by Crippen LogP contribution is 2.24. The maximum atomic E-state index is 12.2. The van der Waals surface area contributed by atoms with Gasteiger partial charge in [0.2, 0.25) is 0 Å². The van der Waals surface area contributed by atoms with Crippen molar-refractivity contribution in [2.45, 2.75) is 13.0 Å². The third-order valence-electron chi connectivity index (χ3n) is 3.60. The molecule has 0 bridgehead atoms. The molecule has 1 aromatic heterocycles. The molecule has 0 spiro atoms. The van der Waals surface area contributed by atoms with Gasteiger partial charge in [-0.3, -0.25) is 10.1 Å². The van der Waals surface area contributed by atoms with E-state index in [-0.39, 0.29) is 0 Å². The van der Waals surface area contributed by atoms with Gasteiger partial charge in [-0.15, -0.1) is 11.3 Å². The molecule has 0 aliphatic heterocycles. The maximum absolute atomic E-state index is 12.2. The van der Waals surface area contributed by atoms with E-state index in [2.05, 4.69) is 10.3 Å². The lowest BCUT2D eigenvalue weighted by molar-refractivity contribution is -0.123. The zero-order valence-electron chi connectivity index (χ0n) is 14.0. The summed E-state index contributed by atoms with van der Waals surface area (Å²) in [6, 6.07) is 16.0. The summed E-state index contributed by atoms with van der Waals surface area (Å²) in [5, 5.41) is 4.97. The lowest BCUT2D eigenvalue weighted by Gasteiger charge is -2.12. The fourth-order valence-electron chi connectivity index (χ4n) is 2.18. The van der Waals surface area contributed by atoms with Gasteiger partial charge in [-0.1, -0.05) is 30.3 Å². The molecule has 6 nitrogen and oxygen atoms in total. The molecule has 1 heterocycles. The Labute approximate surface area is 154 Å². The number of aromatic nitrogens is 1. The predicted molar refractivity (Wildman–Crippen MR) is 102 cm³/mol. The molecule has 0 saturated heterocycles. The zero-order valence-corrected chi connectivity index (χ0v) is 14.8. The number of nitrogens with zero attached hydrogens (tertiary/aromatic N) is 1. The highest BCUT2D eigenvalue weighted by Gasteiger charge is 2.20. The van der Waals surface area contributed by atoms with Crippen molar-refractivity contribution in [3.63, 3.8) is 0 Å². The molecule has 26 heavy (non-hydrogen) atoms. The van der Waals surface area contributed by atoms with E-state index < -0.39 is 18.0 Å². The number of benzene rings is 2. The molecule has 0 saturated carbocycles.